The van der Waals surface area contributed by atoms with Crippen LogP contribution >= 0.6 is 0 Å². The topological polar surface area (TPSA) is 147 Å². The van der Waals surface area contributed by atoms with E-state index in [-0.39, 0.29) is 43.7 Å². The van der Waals surface area contributed by atoms with Crippen LogP contribution in [-0.2, 0) is 46.4 Å². The van der Waals surface area contributed by atoms with Gasteiger partial charge in [-0.25, -0.2) is 0 Å². The molecule has 55 heavy (non-hydrogen) atoms. The van der Waals surface area contributed by atoms with Crippen molar-refractivity contribution in [3.63, 3.8) is 0 Å². The number of aromatic hydroxyl groups is 1. The van der Waals surface area contributed by atoms with Gasteiger partial charge < -0.3 is 34.6 Å². The predicted molar refractivity (Wildman–Crippen MR) is 204 cm³/mol. The lowest BCUT2D eigenvalue weighted by atomic mass is 9.62. The van der Waals surface area contributed by atoms with Crippen LogP contribution in [0.25, 0.3) is 6.08 Å². The van der Waals surface area contributed by atoms with E-state index in [1.165, 1.54) is 0 Å². The van der Waals surface area contributed by atoms with Crippen molar-refractivity contribution in [2.45, 2.75) is 140 Å². The van der Waals surface area contributed by atoms with E-state index in [1.807, 2.05) is 48.6 Å². The molecule has 2 aromatic carbocycles. The summed E-state index contributed by atoms with van der Waals surface area (Å²) < 4.78 is 20.2. The predicted octanol–water partition coefficient (Wildman–Crippen LogP) is 5.19. The highest BCUT2D eigenvalue weighted by molar-refractivity contribution is 5.96. The first kappa shape index (κ1) is 39.4. The van der Waals surface area contributed by atoms with Gasteiger partial charge in [0, 0.05) is 32.4 Å². The number of esters is 1. The molecular weight excluding hydrogens is 702 g/mol. The third-order valence-corrected chi connectivity index (χ3v) is 12.1. The summed E-state index contributed by atoms with van der Waals surface area (Å²) >= 11 is 0. The highest BCUT2D eigenvalue weighted by Gasteiger charge is 2.77. The first-order valence-corrected chi connectivity index (χ1v) is 20.4. The highest BCUT2D eigenvalue weighted by atomic mass is 16.8. The Morgan fingerprint density at radius 1 is 1.00 bits per heavy atom. The van der Waals surface area contributed by atoms with Gasteiger partial charge in [0.2, 0.25) is 11.8 Å². The van der Waals surface area contributed by atoms with Crippen LogP contribution in [0.1, 0.15) is 101 Å². The number of likely N-dealkylation sites (tertiary alicyclic amines) is 1. The molecule has 0 unspecified atom stereocenters. The number of aliphatic hydroxyl groups is 1. The lowest BCUT2D eigenvalue weighted by molar-refractivity contribution is -0.225. The van der Waals surface area contributed by atoms with Crippen LogP contribution in [0.15, 0.2) is 54.6 Å². The second kappa shape index (κ2) is 17.1. The third-order valence-electron chi connectivity index (χ3n) is 12.1. The van der Waals surface area contributed by atoms with Crippen LogP contribution in [0.4, 0.5) is 0 Å². The minimum Gasteiger partial charge on any atom is -0.508 e. The summed E-state index contributed by atoms with van der Waals surface area (Å²) in [5.74, 6) is -1.78. The van der Waals surface area contributed by atoms with Crippen LogP contribution in [0.5, 0.6) is 5.75 Å². The molecule has 2 bridgehead atoms. The average Bonchev–Trinajstić information content (AvgIpc) is 3.91. The van der Waals surface area contributed by atoms with Crippen molar-refractivity contribution >= 4 is 23.9 Å². The second-order valence-corrected chi connectivity index (χ2v) is 15.9. The number of unbranched alkanes of at least 4 members (excludes halogenated alkanes) is 4. The Kier molecular flexibility index (Phi) is 12.3. The summed E-state index contributed by atoms with van der Waals surface area (Å²) in [4.78, 5) is 51.4. The summed E-state index contributed by atoms with van der Waals surface area (Å²) in [6, 6.07) is 13.4. The number of para-hydroxylation sites is 1. The average molecular weight is 760 g/mol. The zero-order chi connectivity index (χ0) is 38.6. The van der Waals surface area contributed by atoms with Crippen LogP contribution < -0.4 is 5.32 Å². The van der Waals surface area contributed by atoms with E-state index in [9.17, 15) is 19.8 Å². The number of hydrogen-bond acceptors (Lipinski definition) is 10. The van der Waals surface area contributed by atoms with Gasteiger partial charge in [0.05, 0.1) is 13.2 Å². The van der Waals surface area contributed by atoms with Gasteiger partial charge in [-0.3, -0.25) is 19.2 Å². The van der Waals surface area contributed by atoms with E-state index in [0.717, 1.165) is 55.2 Å². The summed E-state index contributed by atoms with van der Waals surface area (Å²) in [5.41, 5.74) is 1.26. The smallest absolute Gasteiger partial charge is 0.327 e. The van der Waals surface area contributed by atoms with Crippen LogP contribution in [-0.4, -0.2) is 99.9 Å². The Labute approximate surface area is 324 Å². The summed E-state index contributed by atoms with van der Waals surface area (Å²) in [6.07, 6.45) is 10.5. The highest BCUT2D eigenvalue weighted by Crippen LogP contribution is 2.59. The van der Waals surface area contributed by atoms with Gasteiger partial charge in [0.15, 0.2) is 11.8 Å². The minimum atomic E-state index is -1.37. The van der Waals surface area contributed by atoms with Gasteiger partial charge in [-0.1, -0.05) is 94.1 Å². The van der Waals surface area contributed by atoms with E-state index in [4.69, 9.17) is 19.0 Å². The van der Waals surface area contributed by atoms with E-state index in [0.29, 0.717) is 38.6 Å². The molecule has 0 radical (unpaired) electrons. The molecular formula is C43H57N3O9. The number of hydroxylamine groups is 2. The van der Waals surface area contributed by atoms with Gasteiger partial charge >= 0.3 is 5.97 Å². The fraction of sp³-hybridized carbons (Fsp3) is 0.605. The van der Waals surface area contributed by atoms with E-state index in [1.54, 1.807) is 22.1 Å². The number of phenolic OH excluding ortho intramolecular Hbond substituents is 1. The molecule has 1 aliphatic carbocycles. The van der Waals surface area contributed by atoms with E-state index in [2.05, 4.69) is 19.2 Å². The Hall–Kier alpha value is -3.81. The molecule has 4 saturated heterocycles. The maximum Gasteiger partial charge on any atom is 0.327 e. The minimum absolute atomic E-state index is 0.0924. The maximum atomic E-state index is 15.3. The molecule has 2 amide bonds. The van der Waals surface area contributed by atoms with Crippen LogP contribution in [0, 0.1) is 5.41 Å². The number of allylic oxidation sites excluding steroid dienone is 1. The molecule has 3 N–H and O–H groups in total. The number of rotatable bonds is 17. The molecule has 0 aromatic heterocycles. The fourth-order valence-electron chi connectivity index (χ4n) is 9.50. The van der Waals surface area contributed by atoms with Crippen molar-refractivity contribution in [2.75, 3.05) is 19.7 Å². The quantitative estimate of drug-likeness (QED) is 0.146. The zero-order valence-corrected chi connectivity index (χ0v) is 32.2. The van der Waals surface area contributed by atoms with Crippen molar-refractivity contribution < 1.29 is 43.6 Å². The van der Waals surface area contributed by atoms with Crippen molar-refractivity contribution in [1.82, 2.24) is 15.3 Å². The number of hydrogen-bond donors (Lipinski definition) is 3. The molecule has 5 fully saturated rings. The normalized spacial score (nSPS) is 29.4. The molecule has 298 valence electrons. The Balaban J connectivity index is 1.21. The van der Waals surface area contributed by atoms with Crippen LogP contribution in [0.3, 0.4) is 0 Å². The molecule has 7 rings (SSSR count). The summed E-state index contributed by atoms with van der Waals surface area (Å²) in [6.45, 7) is 4.79. The summed E-state index contributed by atoms with van der Waals surface area (Å²) in [5, 5.41) is 23.9. The van der Waals surface area contributed by atoms with Gasteiger partial charge in [-0.05, 0) is 54.9 Å². The number of carbonyl (C=O) groups excluding carboxylic acids is 3. The number of carbonyl (C=O) groups is 3. The molecule has 7 atom stereocenters. The summed E-state index contributed by atoms with van der Waals surface area (Å²) in [7, 11) is 0. The maximum absolute atomic E-state index is 15.3. The second-order valence-electron chi connectivity index (χ2n) is 15.9. The lowest BCUT2D eigenvalue weighted by Gasteiger charge is -2.50. The number of aliphatic hydroxyl groups excluding tert-OH is 1. The lowest BCUT2D eigenvalue weighted by Crippen LogP contribution is -2.70. The number of amides is 2. The fourth-order valence-corrected chi connectivity index (χ4v) is 9.50. The van der Waals surface area contributed by atoms with Gasteiger partial charge in [0.25, 0.3) is 0 Å². The monoisotopic (exact) mass is 759 g/mol. The van der Waals surface area contributed by atoms with E-state index < -0.39 is 53.7 Å². The largest absolute Gasteiger partial charge is 0.508 e. The van der Waals surface area contributed by atoms with E-state index >= 15 is 4.79 Å². The number of nitrogens with zero attached hydrogens (tertiary/aromatic N) is 2. The number of fused-ring (bicyclic) bond motifs is 4. The molecule has 12 heteroatoms. The van der Waals surface area contributed by atoms with Gasteiger partial charge in [-0.15, -0.1) is 0 Å². The third kappa shape index (κ3) is 7.81. The van der Waals surface area contributed by atoms with Crippen molar-refractivity contribution in [1.29, 1.82) is 0 Å². The van der Waals surface area contributed by atoms with Crippen molar-refractivity contribution in [3.8, 4) is 5.75 Å². The molecule has 4 heterocycles. The first-order chi connectivity index (χ1) is 26.7. The number of benzene rings is 2. The van der Waals surface area contributed by atoms with Crippen molar-refractivity contribution in [2.24, 2.45) is 5.41 Å². The number of phenols is 1. The van der Waals surface area contributed by atoms with Gasteiger partial charge in [0.1, 0.15) is 41.6 Å². The molecule has 12 nitrogen and oxygen atoms in total. The van der Waals surface area contributed by atoms with Crippen molar-refractivity contribution in [3.05, 3.63) is 71.3 Å². The van der Waals surface area contributed by atoms with Crippen LogP contribution in [0.2, 0.25) is 0 Å². The number of nitrogens with one attached hydrogen (secondary N) is 1. The first-order valence-electron chi connectivity index (χ1n) is 20.4. The SMILES string of the molecule is CCCCCC1(CCCCC)O[C@@H]2[C@H](O1)[C@H]1ON(Cc3cccc(C=CCc4ccccc4O)c3)[C@H]3C(=O)O[C@@H]2C[C@@]13C(=O)N1CCC[C@@H]1C(=O)NCCO. The molecule has 4 aliphatic heterocycles. The Bertz CT molecular complexity index is 1710. The Morgan fingerprint density at radius 3 is 2.51 bits per heavy atom. The molecule has 1 saturated carbocycles. The van der Waals surface area contributed by atoms with Gasteiger partial charge in [-0.2, -0.15) is 5.06 Å². The Morgan fingerprint density at radius 2 is 1.76 bits per heavy atom. The number of ether oxygens (including phenoxy) is 3. The molecule has 0 spiro atoms. The molecule has 2 aromatic rings. The zero-order valence-electron chi connectivity index (χ0n) is 32.2. The molecule has 5 aliphatic rings. The standard InChI is InChI=1S/C43H57N3O9/c1-3-5-9-21-42(22-10-6-4-2)53-35-34-27-43(41(51)45-24-13-19-32(45)39(49)44-23-25-47)37(40(50)52-34)46(55-38(43)36(35)54-42)28-30-16-11-14-29(26-30)15-12-18-31-17-7-8-20-33(31)48/h7-8,11-12,14-17,20,26,32,34-38,47-48H,3-6,9-10,13,18-19,21-25,27-28H2,1-2H3,(H,44,49)/t32-,34-,35+,36+,37+,38-,43+/m1/s1.